The summed E-state index contributed by atoms with van der Waals surface area (Å²) in [7, 11) is -2.10. The minimum absolute atomic E-state index is 0.0687. The number of nitrogens with one attached hydrogen (secondary N) is 2. The van der Waals surface area contributed by atoms with E-state index in [4.69, 9.17) is 10.5 Å². The summed E-state index contributed by atoms with van der Waals surface area (Å²) in [6.45, 7) is 3.73. The van der Waals surface area contributed by atoms with Crippen LogP contribution in [-0.2, 0) is 21.3 Å². The summed E-state index contributed by atoms with van der Waals surface area (Å²) in [5.74, 6) is 0. The number of aryl methyl sites for hydroxylation is 1. The van der Waals surface area contributed by atoms with Crippen molar-refractivity contribution in [3.8, 4) is 0 Å². The molecule has 1 aromatic heterocycles. The van der Waals surface area contributed by atoms with Gasteiger partial charge in [-0.2, -0.15) is 5.10 Å². The molecule has 1 heterocycles. The molecule has 98 valence electrons. The number of sulfonamides is 1. The van der Waals surface area contributed by atoms with Gasteiger partial charge in [-0.1, -0.05) is 0 Å². The summed E-state index contributed by atoms with van der Waals surface area (Å²) in [5.41, 5.74) is 6.26. The molecule has 0 saturated carbocycles. The van der Waals surface area contributed by atoms with Gasteiger partial charge < -0.3 is 10.5 Å². The average Bonchev–Trinajstić information content (AvgIpc) is 2.59. The van der Waals surface area contributed by atoms with Gasteiger partial charge in [-0.25, -0.2) is 13.1 Å². The number of methoxy groups -OCH3 is 1. The zero-order chi connectivity index (χ0) is 13.1. The second-order valence-corrected chi connectivity index (χ2v) is 5.46. The monoisotopic (exact) mass is 262 g/mol. The first-order chi connectivity index (χ1) is 7.92. The quantitative estimate of drug-likeness (QED) is 0.639. The topological polar surface area (TPSA) is 110 Å². The molecular weight excluding hydrogens is 244 g/mol. The molecule has 4 N–H and O–H groups in total. The van der Waals surface area contributed by atoms with Crippen LogP contribution in [-0.4, -0.2) is 38.4 Å². The maximum absolute atomic E-state index is 12.1. The van der Waals surface area contributed by atoms with E-state index in [0.29, 0.717) is 18.0 Å². The second kappa shape index (κ2) is 5.58. The van der Waals surface area contributed by atoms with E-state index in [2.05, 4.69) is 14.9 Å². The molecule has 0 aliphatic carbocycles. The Morgan fingerprint density at radius 3 is 2.76 bits per heavy atom. The minimum atomic E-state index is -3.62. The largest absolute Gasteiger partial charge is 0.383 e. The summed E-state index contributed by atoms with van der Waals surface area (Å²) in [5, 5.41) is 6.47. The van der Waals surface area contributed by atoms with Crippen LogP contribution < -0.4 is 10.5 Å². The van der Waals surface area contributed by atoms with Crippen molar-refractivity contribution in [3.63, 3.8) is 0 Å². The van der Waals surface area contributed by atoms with E-state index in [1.807, 2.05) is 0 Å². The number of aromatic amines is 1. The van der Waals surface area contributed by atoms with E-state index in [0.717, 1.165) is 0 Å². The van der Waals surface area contributed by atoms with Crippen LogP contribution in [0.5, 0.6) is 0 Å². The van der Waals surface area contributed by atoms with Crippen LogP contribution in [0, 0.1) is 6.92 Å². The lowest BCUT2D eigenvalue weighted by molar-refractivity contribution is 0.180. The molecule has 0 amide bonds. The number of aromatic nitrogens is 2. The molecule has 1 atom stereocenters. The number of hydrogen-bond donors (Lipinski definition) is 3. The highest BCUT2D eigenvalue weighted by Crippen LogP contribution is 2.17. The summed E-state index contributed by atoms with van der Waals surface area (Å²) < 4.78 is 31.6. The average molecular weight is 262 g/mol. The molecule has 0 radical (unpaired) electrons. The summed E-state index contributed by atoms with van der Waals surface area (Å²) >= 11 is 0. The van der Waals surface area contributed by atoms with Gasteiger partial charge in [-0.05, 0) is 13.8 Å². The van der Waals surface area contributed by atoms with Crippen molar-refractivity contribution in [1.29, 1.82) is 0 Å². The highest BCUT2D eigenvalue weighted by molar-refractivity contribution is 7.89. The van der Waals surface area contributed by atoms with Gasteiger partial charge in [0.25, 0.3) is 0 Å². The molecule has 1 unspecified atom stereocenters. The molecule has 0 aliphatic rings. The molecule has 0 aromatic carbocycles. The molecule has 17 heavy (non-hydrogen) atoms. The smallest absolute Gasteiger partial charge is 0.244 e. The zero-order valence-electron chi connectivity index (χ0n) is 10.1. The Bertz CT molecular complexity index is 469. The van der Waals surface area contributed by atoms with E-state index < -0.39 is 10.0 Å². The van der Waals surface area contributed by atoms with Crippen molar-refractivity contribution in [3.05, 3.63) is 11.4 Å². The standard InChI is InChI=1S/C9H18N4O3S/c1-6(5-16-3)13-17(14,15)9-7(2)11-12-8(9)4-10/h6,13H,4-5,10H2,1-3H3,(H,11,12). The predicted octanol–water partition coefficient (Wildman–Crippen LogP) is -0.510. The third-order valence-corrected chi connectivity index (χ3v) is 3.99. The molecular formula is C9H18N4O3S. The van der Waals surface area contributed by atoms with E-state index in [1.165, 1.54) is 7.11 Å². The van der Waals surface area contributed by atoms with Crippen LogP contribution in [0.15, 0.2) is 4.90 Å². The Labute approximate surface area is 101 Å². The number of H-pyrrole nitrogens is 1. The van der Waals surface area contributed by atoms with Crippen LogP contribution >= 0.6 is 0 Å². The first kappa shape index (κ1) is 14.1. The molecule has 0 bridgehead atoms. The maximum atomic E-state index is 12.1. The Morgan fingerprint density at radius 1 is 1.59 bits per heavy atom. The van der Waals surface area contributed by atoms with Crippen LogP contribution in [0.3, 0.4) is 0 Å². The van der Waals surface area contributed by atoms with Gasteiger partial charge in [0.05, 0.1) is 18.0 Å². The van der Waals surface area contributed by atoms with Crippen LogP contribution in [0.25, 0.3) is 0 Å². The molecule has 0 saturated heterocycles. The minimum Gasteiger partial charge on any atom is -0.383 e. The fourth-order valence-electron chi connectivity index (χ4n) is 1.57. The van der Waals surface area contributed by atoms with Crippen LogP contribution in [0.2, 0.25) is 0 Å². The molecule has 0 fully saturated rings. The highest BCUT2D eigenvalue weighted by atomic mass is 32.2. The van der Waals surface area contributed by atoms with Gasteiger partial charge >= 0.3 is 0 Å². The van der Waals surface area contributed by atoms with E-state index in [-0.39, 0.29) is 17.5 Å². The third-order valence-electron chi connectivity index (χ3n) is 2.20. The van der Waals surface area contributed by atoms with Crippen molar-refractivity contribution < 1.29 is 13.2 Å². The number of hydrogen-bond acceptors (Lipinski definition) is 5. The van der Waals surface area contributed by atoms with Crippen molar-refractivity contribution in [2.24, 2.45) is 5.73 Å². The lowest BCUT2D eigenvalue weighted by Crippen LogP contribution is -2.36. The van der Waals surface area contributed by atoms with Crippen molar-refractivity contribution in [2.45, 2.75) is 31.3 Å². The predicted molar refractivity (Wildman–Crippen MR) is 62.9 cm³/mol. The SMILES string of the molecule is COCC(C)NS(=O)(=O)c1c(CN)n[nH]c1C. The Kier molecular flexibility index (Phi) is 4.63. The van der Waals surface area contributed by atoms with Gasteiger partial charge in [0.1, 0.15) is 4.90 Å². The van der Waals surface area contributed by atoms with Crippen molar-refractivity contribution >= 4 is 10.0 Å². The number of nitrogens with two attached hydrogens (primary N) is 1. The van der Waals surface area contributed by atoms with Crippen molar-refractivity contribution in [2.75, 3.05) is 13.7 Å². The van der Waals surface area contributed by atoms with E-state index in [9.17, 15) is 8.42 Å². The van der Waals surface area contributed by atoms with Gasteiger partial charge in [0.2, 0.25) is 10.0 Å². The maximum Gasteiger partial charge on any atom is 0.244 e. The summed E-state index contributed by atoms with van der Waals surface area (Å²) in [6.07, 6.45) is 0. The van der Waals surface area contributed by atoms with Crippen molar-refractivity contribution in [1.82, 2.24) is 14.9 Å². The van der Waals surface area contributed by atoms with Gasteiger partial charge in [0, 0.05) is 19.7 Å². The Hall–Kier alpha value is -0.960. The lowest BCUT2D eigenvalue weighted by atomic mass is 10.4. The molecule has 0 aliphatic heterocycles. The zero-order valence-corrected chi connectivity index (χ0v) is 11.0. The molecule has 8 heteroatoms. The molecule has 1 aromatic rings. The number of nitrogens with zero attached hydrogens (tertiary/aromatic N) is 1. The van der Waals surface area contributed by atoms with Gasteiger partial charge in [0.15, 0.2) is 0 Å². The number of rotatable bonds is 6. The number of ether oxygens (including phenoxy) is 1. The third kappa shape index (κ3) is 3.25. The first-order valence-electron chi connectivity index (χ1n) is 5.17. The molecule has 1 rings (SSSR count). The molecule has 7 nitrogen and oxygen atoms in total. The fraction of sp³-hybridized carbons (Fsp3) is 0.667. The van der Waals surface area contributed by atoms with Gasteiger partial charge in [-0.3, -0.25) is 5.10 Å². The highest BCUT2D eigenvalue weighted by Gasteiger charge is 2.25. The van der Waals surface area contributed by atoms with Crippen LogP contribution in [0.4, 0.5) is 0 Å². The van der Waals surface area contributed by atoms with E-state index >= 15 is 0 Å². The Balaban J connectivity index is 3.00. The summed E-state index contributed by atoms with van der Waals surface area (Å²) in [6, 6.07) is -0.315. The lowest BCUT2D eigenvalue weighted by Gasteiger charge is -2.13. The summed E-state index contributed by atoms with van der Waals surface area (Å²) in [4.78, 5) is 0.128. The second-order valence-electron chi connectivity index (χ2n) is 3.81. The Morgan fingerprint density at radius 2 is 2.24 bits per heavy atom. The van der Waals surface area contributed by atoms with Crippen LogP contribution in [0.1, 0.15) is 18.3 Å². The van der Waals surface area contributed by atoms with E-state index in [1.54, 1.807) is 13.8 Å². The fourth-order valence-corrected chi connectivity index (χ4v) is 3.18. The first-order valence-corrected chi connectivity index (χ1v) is 6.65. The molecule has 0 spiro atoms. The van der Waals surface area contributed by atoms with Gasteiger partial charge in [-0.15, -0.1) is 0 Å². The normalized spacial score (nSPS) is 13.9.